The normalized spacial score (nSPS) is 12.2. The Morgan fingerprint density at radius 1 is 0.368 bits per heavy atom. The SMILES string of the molecule is c1ccc(-c2cc3c4ccccc4n4c5ccc6c(c7ccccc7n6-c6ccccc6)c5c(c2)c34)cc1. The van der Waals surface area contributed by atoms with Crippen molar-refractivity contribution in [2.24, 2.45) is 0 Å². The van der Waals surface area contributed by atoms with Gasteiger partial charge in [0, 0.05) is 38.0 Å². The molecule has 0 aliphatic heterocycles. The Balaban J connectivity index is 1.56. The summed E-state index contributed by atoms with van der Waals surface area (Å²) in [4.78, 5) is 0. The maximum atomic E-state index is 2.48. The average molecular weight is 483 g/mol. The van der Waals surface area contributed by atoms with Gasteiger partial charge in [0.15, 0.2) is 0 Å². The van der Waals surface area contributed by atoms with Crippen molar-refractivity contribution < 1.29 is 0 Å². The van der Waals surface area contributed by atoms with E-state index in [0.29, 0.717) is 0 Å². The van der Waals surface area contributed by atoms with Crippen molar-refractivity contribution >= 4 is 59.9 Å². The molecule has 0 radical (unpaired) electrons. The summed E-state index contributed by atoms with van der Waals surface area (Å²) in [5.74, 6) is 0. The fourth-order valence-electron chi connectivity index (χ4n) is 6.70. The molecule has 0 unspecified atom stereocenters. The molecule has 0 aliphatic rings. The van der Waals surface area contributed by atoms with Gasteiger partial charge in [-0.2, -0.15) is 0 Å². The number of fused-ring (bicyclic) bond motifs is 10. The van der Waals surface area contributed by atoms with Gasteiger partial charge in [0.1, 0.15) is 0 Å². The topological polar surface area (TPSA) is 9.34 Å². The lowest BCUT2D eigenvalue weighted by Gasteiger charge is -2.07. The van der Waals surface area contributed by atoms with Gasteiger partial charge in [-0.15, -0.1) is 0 Å². The largest absolute Gasteiger partial charge is 0.309 e. The van der Waals surface area contributed by atoms with Crippen molar-refractivity contribution in [2.45, 2.75) is 0 Å². The number of nitrogens with zero attached hydrogens (tertiary/aromatic N) is 2. The lowest BCUT2D eigenvalue weighted by Crippen LogP contribution is -1.92. The van der Waals surface area contributed by atoms with Crippen LogP contribution in [-0.4, -0.2) is 8.97 Å². The molecule has 38 heavy (non-hydrogen) atoms. The van der Waals surface area contributed by atoms with Crippen LogP contribution in [0.25, 0.3) is 76.7 Å². The smallest absolute Gasteiger partial charge is 0.0621 e. The molecule has 0 saturated heterocycles. The Bertz CT molecular complexity index is 2320. The number of rotatable bonds is 2. The molecule has 0 bridgehead atoms. The molecule has 0 N–H and O–H groups in total. The number of hydrogen-bond acceptors (Lipinski definition) is 0. The van der Waals surface area contributed by atoms with Crippen LogP contribution in [0.3, 0.4) is 0 Å². The van der Waals surface area contributed by atoms with Crippen LogP contribution in [0.15, 0.2) is 133 Å². The third kappa shape index (κ3) is 2.47. The van der Waals surface area contributed by atoms with Crippen LogP contribution in [0, 0.1) is 0 Å². The molecule has 0 spiro atoms. The predicted octanol–water partition coefficient (Wildman–Crippen LogP) is 9.60. The van der Waals surface area contributed by atoms with Crippen molar-refractivity contribution in [3.63, 3.8) is 0 Å². The molecule has 2 heteroatoms. The molecule has 0 aliphatic carbocycles. The first-order valence-corrected chi connectivity index (χ1v) is 13.1. The van der Waals surface area contributed by atoms with Crippen LogP contribution >= 0.6 is 0 Å². The van der Waals surface area contributed by atoms with Gasteiger partial charge in [0.05, 0.1) is 27.6 Å². The molecule has 9 rings (SSSR count). The summed E-state index contributed by atoms with van der Waals surface area (Å²) < 4.78 is 4.90. The summed E-state index contributed by atoms with van der Waals surface area (Å²) in [6.45, 7) is 0. The van der Waals surface area contributed by atoms with Crippen LogP contribution in [0.1, 0.15) is 0 Å². The molecule has 0 atom stereocenters. The van der Waals surface area contributed by atoms with Crippen molar-refractivity contribution in [1.82, 2.24) is 8.97 Å². The van der Waals surface area contributed by atoms with Crippen molar-refractivity contribution in [2.75, 3.05) is 0 Å². The van der Waals surface area contributed by atoms with E-state index >= 15 is 0 Å². The lowest BCUT2D eigenvalue weighted by atomic mass is 9.98. The van der Waals surface area contributed by atoms with Crippen LogP contribution in [0.4, 0.5) is 0 Å². The van der Waals surface area contributed by atoms with Gasteiger partial charge in [-0.3, -0.25) is 0 Å². The maximum Gasteiger partial charge on any atom is 0.0621 e. The molecule has 3 aromatic heterocycles. The van der Waals surface area contributed by atoms with E-state index in [1.165, 1.54) is 76.7 Å². The van der Waals surface area contributed by atoms with Crippen LogP contribution in [0.5, 0.6) is 0 Å². The molecule has 2 nitrogen and oxygen atoms in total. The Labute approximate surface area is 218 Å². The standard InChI is InChI=1S/C36H22N2/c1-3-11-23(12-4-1)24-21-28-26-15-7-9-17-30(26)38-33-20-19-32-34(35(33)29(22-24)36(28)38)27-16-8-10-18-31(27)37(32)25-13-5-2-6-14-25/h1-22H. The van der Waals surface area contributed by atoms with E-state index in [-0.39, 0.29) is 0 Å². The van der Waals surface area contributed by atoms with Gasteiger partial charge < -0.3 is 8.97 Å². The second-order valence-corrected chi connectivity index (χ2v) is 10.2. The summed E-state index contributed by atoms with van der Waals surface area (Å²) >= 11 is 0. The second-order valence-electron chi connectivity index (χ2n) is 10.2. The molecule has 0 amide bonds. The van der Waals surface area contributed by atoms with E-state index in [2.05, 4.69) is 142 Å². The van der Waals surface area contributed by atoms with E-state index < -0.39 is 0 Å². The first kappa shape index (κ1) is 20.0. The number of para-hydroxylation sites is 3. The van der Waals surface area contributed by atoms with Crippen molar-refractivity contribution in [1.29, 1.82) is 0 Å². The van der Waals surface area contributed by atoms with E-state index in [9.17, 15) is 0 Å². The van der Waals surface area contributed by atoms with E-state index in [0.717, 1.165) is 0 Å². The Hall–Kier alpha value is -5.08. The summed E-state index contributed by atoms with van der Waals surface area (Å²) in [6, 6.07) is 48.6. The van der Waals surface area contributed by atoms with Crippen molar-refractivity contribution in [3.05, 3.63) is 133 Å². The highest BCUT2D eigenvalue weighted by Crippen LogP contribution is 2.46. The Kier molecular flexibility index (Phi) is 3.82. The third-order valence-electron chi connectivity index (χ3n) is 8.22. The Morgan fingerprint density at radius 2 is 0.974 bits per heavy atom. The molecule has 9 aromatic rings. The number of benzene rings is 6. The molecular weight excluding hydrogens is 460 g/mol. The van der Waals surface area contributed by atoms with Gasteiger partial charge in [-0.25, -0.2) is 0 Å². The summed E-state index contributed by atoms with van der Waals surface area (Å²) in [5, 5.41) is 7.87. The van der Waals surface area contributed by atoms with Gasteiger partial charge in [-0.1, -0.05) is 84.9 Å². The zero-order valence-electron chi connectivity index (χ0n) is 20.6. The number of aromatic nitrogens is 2. The van der Waals surface area contributed by atoms with E-state index in [4.69, 9.17) is 0 Å². The minimum atomic E-state index is 1.19. The predicted molar refractivity (Wildman–Crippen MR) is 161 cm³/mol. The summed E-state index contributed by atoms with van der Waals surface area (Å²) in [7, 11) is 0. The fraction of sp³-hybridized carbons (Fsp3) is 0. The van der Waals surface area contributed by atoms with Crippen LogP contribution < -0.4 is 0 Å². The highest BCUT2D eigenvalue weighted by atomic mass is 15.0. The highest BCUT2D eigenvalue weighted by molar-refractivity contribution is 6.33. The minimum absolute atomic E-state index is 1.19. The molecule has 6 aromatic carbocycles. The molecular formula is C36H22N2. The third-order valence-corrected chi connectivity index (χ3v) is 8.22. The van der Waals surface area contributed by atoms with Gasteiger partial charge in [-0.05, 0) is 59.7 Å². The molecule has 0 saturated carbocycles. The minimum Gasteiger partial charge on any atom is -0.309 e. The van der Waals surface area contributed by atoms with Crippen molar-refractivity contribution in [3.8, 4) is 16.8 Å². The molecule has 0 fully saturated rings. The highest BCUT2D eigenvalue weighted by Gasteiger charge is 2.23. The zero-order valence-corrected chi connectivity index (χ0v) is 20.6. The van der Waals surface area contributed by atoms with Gasteiger partial charge in [0.2, 0.25) is 0 Å². The van der Waals surface area contributed by atoms with Gasteiger partial charge >= 0.3 is 0 Å². The first-order valence-electron chi connectivity index (χ1n) is 13.1. The summed E-state index contributed by atoms with van der Waals surface area (Å²) in [6.07, 6.45) is 0. The Morgan fingerprint density at radius 3 is 1.79 bits per heavy atom. The second kappa shape index (κ2) is 7.24. The maximum absolute atomic E-state index is 2.48. The first-order chi connectivity index (χ1) is 18.9. The zero-order chi connectivity index (χ0) is 24.8. The average Bonchev–Trinajstić information content (AvgIpc) is 3.62. The fourth-order valence-corrected chi connectivity index (χ4v) is 6.70. The quantitative estimate of drug-likeness (QED) is 0.232. The monoisotopic (exact) mass is 482 g/mol. The number of hydrogen-bond donors (Lipinski definition) is 0. The van der Waals surface area contributed by atoms with E-state index in [1.807, 2.05) is 0 Å². The molecule has 3 heterocycles. The van der Waals surface area contributed by atoms with Crippen LogP contribution in [0.2, 0.25) is 0 Å². The molecule has 176 valence electrons. The van der Waals surface area contributed by atoms with Crippen LogP contribution in [-0.2, 0) is 0 Å². The van der Waals surface area contributed by atoms with E-state index in [1.54, 1.807) is 0 Å². The van der Waals surface area contributed by atoms with Gasteiger partial charge in [0.25, 0.3) is 0 Å². The summed E-state index contributed by atoms with van der Waals surface area (Å²) in [5.41, 5.74) is 10.00. The lowest BCUT2D eigenvalue weighted by molar-refractivity contribution is 1.18.